The zero-order valence-electron chi connectivity index (χ0n) is 9.71. The van der Waals surface area contributed by atoms with E-state index in [1.807, 2.05) is 54.6 Å². The van der Waals surface area contributed by atoms with Gasteiger partial charge >= 0.3 is 0 Å². The lowest BCUT2D eigenvalue weighted by molar-refractivity contribution is 0.482. The molecule has 5 heteroatoms. The van der Waals surface area contributed by atoms with E-state index in [1.165, 1.54) is 0 Å². The number of ether oxygens (including phenoxy) is 1. The number of hydrogen-bond acceptors (Lipinski definition) is 4. The van der Waals surface area contributed by atoms with Gasteiger partial charge in [0.05, 0.1) is 0 Å². The number of hydrazone groups is 1. The van der Waals surface area contributed by atoms with Crippen LogP contribution in [0.1, 0.15) is 5.56 Å². The van der Waals surface area contributed by atoms with Crippen molar-refractivity contribution in [2.45, 2.75) is 0 Å². The summed E-state index contributed by atoms with van der Waals surface area (Å²) in [6.07, 6.45) is 0. The monoisotopic (exact) mass is 242 g/mol. The van der Waals surface area contributed by atoms with Crippen molar-refractivity contribution in [3.8, 4) is 11.5 Å². The molecule has 0 unspecified atom stereocenters. The molecule has 18 heavy (non-hydrogen) atoms. The van der Waals surface area contributed by atoms with E-state index in [4.69, 9.17) is 16.4 Å². The van der Waals surface area contributed by atoms with Gasteiger partial charge in [0.1, 0.15) is 11.5 Å². The van der Waals surface area contributed by atoms with Gasteiger partial charge in [0.25, 0.3) is 0 Å². The fourth-order valence-corrected chi connectivity index (χ4v) is 1.50. The number of nitrogens with zero attached hydrogens (tertiary/aromatic N) is 1. The standard InChI is InChI=1S/C13H14N4O/c14-16-13(17-15)10-6-8-12(9-7-10)18-11-4-2-1-3-5-11/h1-9H,14-15H2,(H,16,17). The van der Waals surface area contributed by atoms with Gasteiger partial charge in [-0.2, -0.15) is 5.10 Å². The summed E-state index contributed by atoms with van der Waals surface area (Å²) in [7, 11) is 0. The highest BCUT2D eigenvalue weighted by molar-refractivity contribution is 5.98. The third-order valence-corrected chi connectivity index (χ3v) is 2.37. The summed E-state index contributed by atoms with van der Waals surface area (Å²) in [6.45, 7) is 0. The van der Waals surface area contributed by atoms with Crippen molar-refractivity contribution in [2.75, 3.05) is 0 Å². The van der Waals surface area contributed by atoms with Crippen molar-refractivity contribution < 1.29 is 4.74 Å². The molecule has 0 spiro atoms. The number of rotatable bonds is 3. The largest absolute Gasteiger partial charge is 0.457 e. The number of amidine groups is 1. The molecule has 0 heterocycles. The Morgan fingerprint density at radius 3 is 2.11 bits per heavy atom. The van der Waals surface area contributed by atoms with E-state index in [-0.39, 0.29) is 0 Å². The summed E-state index contributed by atoms with van der Waals surface area (Å²) in [5, 5.41) is 3.53. The van der Waals surface area contributed by atoms with Crippen LogP contribution in [0.5, 0.6) is 11.5 Å². The van der Waals surface area contributed by atoms with Gasteiger partial charge < -0.3 is 16.0 Å². The first-order valence-electron chi connectivity index (χ1n) is 5.41. The van der Waals surface area contributed by atoms with Crippen LogP contribution in [0, 0.1) is 0 Å². The topological polar surface area (TPSA) is 85.7 Å². The Kier molecular flexibility index (Phi) is 3.78. The average molecular weight is 242 g/mol. The zero-order valence-corrected chi connectivity index (χ0v) is 9.71. The van der Waals surface area contributed by atoms with Crippen molar-refractivity contribution in [2.24, 2.45) is 16.8 Å². The van der Waals surface area contributed by atoms with Crippen LogP contribution in [0.15, 0.2) is 59.7 Å². The van der Waals surface area contributed by atoms with Crippen LogP contribution >= 0.6 is 0 Å². The highest BCUT2D eigenvalue weighted by Gasteiger charge is 2.02. The fourth-order valence-electron chi connectivity index (χ4n) is 1.50. The molecule has 0 fully saturated rings. The van der Waals surface area contributed by atoms with Gasteiger partial charge in [-0.05, 0) is 36.4 Å². The molecule has 0 aliphatic carbocycles. The number of nitrogens with two attached hydrogens (primary N) is 2. The first-order chi connectivity index (χ1) is 8.83. The van der Waals surface area contributed by atoms with E-state index in [1.54, 1.807) is 0 Å². The molecule has 0 aromatic heterocycles. The zero-order chi connectivity index (χ0) is 12.8. The van der Waals surface area contributed by atoms with Gasteiger partial charge in [-0.3, -0.25) is 0 Å². The molecule has 5 nitrogen and oxygen atoms in total. The molecule has 0 radical (unpaired) electrons. The van der Waals surface area contributed by atoms with E-state index in [0.717, 1.165) is 17.1 Å². The SMILES string of the molecule is N/N=C(\NN)c1ccc(Oc2ccccc2)cc1. The highest BCUT2D eigenvalue weighted by atomic mass is 16.5. The Bertz CT molecular complexity index is 522. The number of hydrazine groups is 1. The Hall–Kier alpha value is -2.53. The minimum atomic E-state index is 0.418. The summed E-state index contributed by atoms with van der Waals surface area (Å²) < 4.78 is 5.66. The van der Waals surface area contributed by atoms with Gasteiger partial charge in [0.2, 0.25) is 0 Å². The first kappa shape index (κ1) is 11.9. The van der Waals surface area contributed by atoms with Crippen molar-refractivity contribution in [1.82, 2.24) is 5.43 Å². The lowest BCUT2D eigenvalue weighted by Crippen LogP contribution is -2.31. The van der Waals surface area contributed by atoms with E-state index in [9.17, 15) is 0 Å². The molecule has 0 saturated carbocycles. The van der Waals surface area contributed by atoms with Gasteiger partial charge in [0.15, 0.2) is 5.84 Å². The molecule has 2 aromatic carbocycles. The predicted molar refractivity (Wildman–Crippen MR) is 71.0 cm³/mol. The number of benzene rings is 2. The fraction of sp³-hybridized carbons (Fsp3) is 0. The molecule has 0 aliphatic rings. The number of para-hydroxylation sites is 1. The molecular weight excluding hydrogens is 228 g/mol. The molecule has 92 valence electrons. The minimum Gasteiger partial charge on any atom is -0.457 e. The lowest BCUT2D eigenvalue weighted by Gasteiger charge is -2.07. The Morgan fingerprint density at radius 2 is 1.56 bits per heavy atom. The van der Waals surface area contributed by atoms with Crippen molar-refractivity contribution >= 4 is 5.84 Å². The maximum atomic E-state index is 5.66. The third kappa shape index (κ3) is 2.78. The van der Waals surface area contributed by atoms with Crippen molar-refractivity contribution in [1.29, 1.82) is 0 Å². The van der Waals surface area contributed by atoms with E-state index in [0.29, 0.717) is 5.84 Å². The molecule has 0 amide bonds. The molecule has 0 aliphatic heterocycles. The van der Waals surface area contributed by atoms with Gasteiger partial charge in [-0.25, -0.2) is 5.84 Å². The Balaban J connectivity index is 2.13. The van der Waals surface area contributed by atoms with Crippen LogP contribution in [-0.4, -0.2) is 5.84 Å². The minimum absolute atomic E-state index is 0.418. The molecule has 5 N–H and O–H groups in total. The number of nitrogens with one attached hydrogen (secondary N) is 1. The molecule has 2 rings (SSSR count). The van der Waals surface area contributed by atoms with E-state index < -0.39 is 0 Å². The summed E-state index contributed by atoms with van der Waals surface area (Å²) in [4.78, 5) is 0. The van der Waals surface area contributed by atoms with Gasteiger partial charge in [-0.15, -0.1) is 0 Å². The van der Waals surface area contributed by atoms with Crippen LogP contribution < -0.4 is 21.8 Å². The first-order valence-corrected chi connectivity index (χ1v) is 5.41. The van der Waals surface area contributed by atoms with E-state index >= 15 is 0 Å². The van der Waals surface area contributed by atoms with Crippen molar-refractivity contribution in [3.63, 3.8) is 0 Å². The maximum Gasteiger partial charge on any atom is 0.166 e. The maximum absolute atomic E-state index is 5.66. The summed E-state index contributed by atoms with van der Waals surface area (Å²) in [5.41, 5.74) is 3.21. The number of hydrogen-bond donors (Lipinski definition) is 3. The van der Waals surface area contributed by atoms with Crippen LogP contribution in [0.3, 0.4) is 0 Å². The van der Waals surface area contributed by atoms with Crippen molar-refractivity contribution in [3.05, 3.63) is 60.2 Å². The van der Waals surface area contributed by atoms with Gasteiger partial charge in [0, 0.05) is 5.56 Å². The van der Waals surface area contributed by atoms with Gasteiger partial charge in [-0.1, -0.05) is 18.2 Å². The summed E-state index contributed by atoms with van der Waals surface area (Å²) in [6, 6.07) is 16.9. The summed E-state index contributed by atoms with van der Waals surface area (Å²) in [5.74, 6) is 12.4. The van der Waals surface area contributed by atoms with Crippen LogP contribution in [0.2, 0.25) is 0 Å². The van der Waals surface area contributed by atoms with Crippen LogP contribution in [0.4, 0.5) is 0 Å². The quantitative estimate of drug-likeness (QED) is 0.330. The lowest BCUT2D eigenvalue weighted by atomic mass is 10.2. The molecule has 0 atom stereocenters. The highest BCUT2D eigenvalue weighted by Crippen LogP contribution is 2.20. The summed E-state index contributed by atoms with van der Waals surface area (Å²) >= 11 is 0. The molecule has 0 bridgehead atoms. The second-order valence-electron chi connectivity index (χ2n) is 3.56. The Labute approximate surface area is 105 Å². The smallest absolute Gasteiger partial charge is 0.166 e. The Morgan fingerprint density at radius 1 is 0.944 bits per heavy atom. The van der Waals surface area contributed by atoms with Crippen LogP contribution in [-0.2, 0) is 0 Å². The average Bonchev–Trinajstić information content (AvgIpc) is 2.43. The molecule has 0 saturated heterocycles. The molecular formula is C13H14N4O. The predicted octanol–water partition coefficient (Wildman–Crippen LogP) is 1.56. The molecule has 2 aromatic rings. The second kappa shape index (κ2) is 5.70. The normalized spacial score (nSPS) is 11.1. The third-order valence-electron chi connectivity index (χ3n) is 2.37. The van der Waals surface area contributed by atoms with E-state index in [2.05, 4.69) is 10.5 Å². The van der Waals surface area contributed by atoms with Crippen LogP contribution in [0.25, 0.3) is 0 Å². The second-order valence-corrected chi connectivity index (χ2v) is 3.56.